The van der Waals surface area contributed by atoms with Gasteiger partial charge in [-0.05, 0) is 51.7 Å². The molecule has 0 aliphatic heterocycles. The summed E-state index contributed by atoms with van der Waals surface area (Å²) in [6.45, 7) is 15.1. The number of hydrogen-bond donors (Lipinski definition) is 0. The molecule has 1 atom stereocenters. The van der Waals surface area contributed by atoms with E-state index in [9.17, 15) is 9.59 Å². The van der Waals surface area contributed by atoms with Gasteiger partial charge in [0.2, 0.25) is 0 Å². The number of hydrogen-bond acceptors (Lipinski definition) is 6. The van der Waals surface area contributed by atoms with Gasteiger partial charge in [-0.3, -0.25) is 4.90 Å². The van der Waals surface area contributed by atoms with Gasteiger partial charge in [0.15, 0.2) is 0 Å². The van der Waals surface area contributed by atoms with E-state index in [-0.39, 0.29) is 6.10 Å². The zero-order chi connectivity index (χ0) is 27.4. The van der Waals surface area contributed by atoms with E-state index in [0.717, 1.165) is 90.5 Å². The van der Waals surface area contributed by atoms with Crippen LogP contribution in [0.15, 0.2) is 0 Å². The SMILES string of the molecule is CCCCCCCCCCC(CCCCCCCCC=O)OC(=O)OCCN(CC)CCN(CC)CC. The van der Waals surface area contributed by atoms with Gasteiger partial charge in [-0.2, -0.15) is 0 Å². The van der Waals surface area contributed by atoms with Crippen molar-refractivity contribution in [1.29, 1.82) is 0 Å². The van der Waals surface area contributed by atoms with Crippen LogP contribution in [0.2, 0.25) is 0 Å². The lowest BCUT2D eigenvalue weighted by atomic mass is 10.0. The summed E-state index contributed by atoms with van der Waals surface area (Å²) in [5.41, 5.74) is 0. The molecule has 0 N–H and O–H groups in total. The summed E-state index contributed by atoms with van der Waals surface area (Å²) in [6, 6.07) is 0. The van der Waals surface area contributed by atoms with Gasteiger partial charge in [-0.15, -0.1) is 0 Å². The van der Waals surface area contributed by atoms with Gasteiger partial charge in [0.25, 0.3) is 0 Å². The highest BCUT2D eigenvalue weighted by atomic mass is 16.7. The second-order valence-corrected chi connectivity index (χ2v) is 10.4. The summed E-state index contributed by atoms with van der Waals surface area (Å²) in [5, 5.41) is 0. The molecule has 0 heterocycles. The van der Waals surface area contributed by atoms with Gasteiger partial charge < -0.3 is 19.2 Å². The Morgan fingerprint density at radius 1 is 0.649 bits per heavy atom. The summed E-state index contributed by atoms with van der Waals surface area (Å²) in [6.07, 6.45) is 20.0. The summed E-state index contributed by atoms with van der Waals surface area (Å²) >= 11 is 0. The molecule has 0 saturated carbocycles. The van der Waals surface area contributed by atoms with Gasteiger partial charge in [-0.25, -0.2) is 4.79 Å². The molecule has 1 unspecified atom stereocenters. The summed E-state index contributed by atoms with van der Waals surface area (Å²) < 4.78 is 11.3. The van der Waals surface area contributed by atoms with Gasteiger partial charge >= 0.3 is 6.16 Å². The average Bonchev–Trinajstić information content (AvgIpc) is 2.90. The predicted octanol–water partition coefficient (Wildman–Crippen LogP) is 8.02. The maximum absolute atomic E-state index is 12.5. The van der Waals surface area contributed by atoms with E-state index in [4.69, 9.17) is 9.47 Å². The number of nitrogens with zero attached hydrogens (tertiary/aromatic N) is 2. The van der Waals surface area contributed by atoms with Crippen LogP contribution in [0, 0.1) is 0 Å². The quantitative estimate of drug-likeness (QED) is 0.0584. The van der Waals surface area contributed by atoms with E-state index >= 15 is 0 Å². The van der Waals surface area contributed by atoms with E-state index in [2.05, 4.69) is 37.5 Å². The Bertz CT molecular complexity index is 500. The van der Waals surface area contributed by atoms with Crippen molar-refractivity contribution in [3.63, 3.8) is 0 Å². The van der Waals surface area contributed by atoms with Gasteiger partial charge in [0.1, 0.15) is 19.0 Å². The molecule has 0 fully saturated rings. The third kappa shape index (κ3) is 23.7. The normalized spacial score (nSPS) is 12.3. The zero-order valence-corrected chi connectivity index (χ0v) is 25.2. The van der Waals surface area contributed by atoms with Crippen molar-refractivity contribution >= 4 is 12.4 Å². The molecule has 220 valence electrons. The van der Waals surface area contributed by atoms with Crippen LogP contribution < -0.4 is 0 Å². The Hall–Kier alpha value is -1.14. The molecule has 0 aromatic heterocycles. The van der Waals surface area contributed by atoms with Crippen LogP contribution in [-0.4, -0.2) is 74.2 Å². The monoisotopic (exact) mass is 526 g/mol. The summed E-state index contributed by atoms with van der Waals surface area (Å²) in [5.74, 6) is 0. The fraction of sp³-hybridized carbons (Fsp3) is 0.935. The van der Waals surface area contributed by atoms with Crippen LogP contribution in [0.4, 0.5) is 4.79 Å². The van der Waals surface area contributed by atoms with Crippen molar-refractivity contribution in [2.75, 3.05) is 45.9 Å². The van der Waals surface area contributed by atoms with Crippen LogP contribution in [0.3, 0.4) is 0 Å². The Labute approximate surface area is 230 Å². The molecule has 0 bridgehead atoms. The number of carbonyl (C=O) groups excluding carboxylic acids is 2. The van der Waals surface area contributed by atoms with Crippen LogP contribution in [0.25, 0.3) is 0 Å². The number of ether oxygens (including phenoxy) is 2. The summed E-state index contributed by atoms with van der Waals surface area (Å²) in [4.78, 5) is 27.6. The van der Waals surface area contributed by atoms with Crippen molar-refractivity contribution in [2.45, 2.75) is 143 Å². The van der Waals surface area contributed by atoms with Crippen LogP contribution in [-0.2, 0) is 14.3 Å². The predicted molar refractivity (Wildman–Crippen MR) is 156 cm³/mol. The summed E-state index contributed by atoms with van der Waals surface area (Å²) in [7, 11) is 0. The van der Waals surface area contributed by atoms with Crippen molar-refractivity contribution in [1.82, 2.24) is 9.80 Å². The first-order valence-corrected chi connectivity index (χ1v) is 15.8. The molecular weight excluding hydrogens is 464 g/mol. The molecule has 0 radical (unpaired) electrons. The lowest BCUT2D eigenvalue weighted by Gasteiger charge is -2.25. The zero-order valence-electron chi connectivity index (χ0n) is 25.2. The lowest BCUT2D eigenvalue weighted by Crippen LogP contribution is -2.37. The Kier molecular flexibility index (Phi) is 27.0. The minimum Gasteiger partial charge on any atom is -0.433 e. The average molecular weight is 527 g/mol. The minimum absolute atomic E-state index is 0.0346. The molecule has 0 aliphatic rings. The topological polar surface area (TPSA) is 59.1 Å². The van der Waals surface area contributed by atoms with Gasteiger partial charge in [-0.1, -0.05) is 98.3 Å². The number of rotatable bonds is 28. The first kappa shape index (κ1) is 35.9. The lowest BCUT2D eigenvalue weighted by molar-refractivity contribution is -0.107. The molecule has 6 nitrogen and oxygen atoms in total. The fourth-order valence-electron chi connectivity index (χ4n) is 4.75. The van der Waals surface area contributed by atoms with Crippen LogP contribution >= 0.6 is 0 Å². The third-order valence-corrected chi connectivity index (χ3v) is 7.44. The fourth-order valence-corrected chi connectivity index (χ4v) is 4.75. The molecule has 37 heavy (non-hydrogen) atoms. The molecule has 0 aromatic carbocycles. The number of likely N-dealkylation sites (N-methyl/N-ethyl adjacent to an activating group) is 2. The molecule has 0 rings (SSSR count). The highest BCUT2D eigenvalue weighted by Crippen LogP contribution is 2.18. The number of unbranched alkanes of at least 4 members (excludes halogenated alkanes) is 13. The van der Waals surface area contributed by atoms with Crippen LogP contribution in [0.5, 0.6) is 0 Å². The van der Waals surface area contributed by atoms with Crippen molar-refractivity contribution in [3.05, 3.63) is 0 Å². The van der Waals surface area contributed by atoms with Crippen LogP contribution in [0.1, 0.15) is 137 Å². The van der Waals surface area contributed by atoms with Crippen molar-refractivity contribution < 1.29 is 19.1 Å². The van der Waals surface area contributed by atoms with E-state index < -0.39 is 6.16 Å². The van der Waals surface area contributed by atoms with E-state index in [1.165, 1.54) is 57.8 Å². The van der Waals surface area contributed by atoms with Gasteiger partial charge in [0, 0.05) is 26.1 Å². The molecule has 0 aromatic rings. The van der Waals surface area contributed by atoms with E-state index in [1.807, 2.05) is 0 Å². The maximum atomic E-state index is 12.5. The highest BCUT2D eigenvalue weighted by Gasteiger charge is 2.16. The first-order chi connectivity index (χ1) is 18.1. The number of aldehydes is 1. The second kappa shape index (κ2) is 27.9. The second-order valence-electron chi connectivity index (χ2n) is 10.4. The third-order valence-electron chi connectivity index (χ3n) is 7.44. The molecule has 0 saturated heterocycles. The Morgan fingerprint density at radius 3 is 1.65 bits per heavy atom. The molecule has 0 amide bonds. The van der Waals surface area contributed by atoms with E-state index in [1.54, 1.807) is 0 Å². The number of carbonyl (C=O) groups is 2. The Morgan fingerprint density at radius 2 is 1.14 bits per heavy atom. The first-order valence-electron chi connectivity index (χ1n) is 15.8. The largest absolute Gasteiger partial charge is 0.508 e. The van der Waals surface area contributed by atoms with Gasteiger partial charge in [0.05, 0.1) is 0 Å². The Balaban J connectivity index is 4.32. The molecule has 0 aliphatic carbocycles. The van der Waals surface area contributed by atoms with Crippen molar-refractivity contribution in [2.24, 2.45) is 0 Å². The maximum Gasteiger partial charge on any atom is 0.508 e. The smallest absolute Gasteiger partial charge is 0.433 e. The minimum atomic E-state index is -0.502. The molecule has 6 heteroatoms. The van der Waals surface area contributed by atoms with Crippen molar-refractivity contribution in [3.8, 4) is 0 Å². The molecular formula is C31H62N2O4. The standard InChI is InChI=1S/C31H62N2O4/c1-5-9-10-11-12-14-17-20-23-30(24-21-18-15-13-16-19-22-28-34)37-31(35)36-29-27-33(8-4)26-25-32(6-2)7-3/h28,30H,5-27,29H2,1-4H3. The molecule has 0 spiro atoms. The van der Waals surface area contributed by atoms with E-state index in [0.29, 0.717) is 13.0 Å². The highest BCUT2D eigenvalue weighted by molar-refractivity contribution is 5.60.